The summed E-state index contributed by atoms with van der Waals surface area (Å²) in [6.45, 7) is 0.647. The van der Waals surface area contributed by atoms with Gasteiger partial charge in [-0.1, -0.05) is 18.2 Å². The Morgan fingerprint density at radius 3 is 2.79 bits per heavy atom. The highest BCUT2D eigenvalue weighted by Gasteiger charge is 2.13. The Labute approximate surface area is 172 Å². The van der Waals surface area contributed by atoms with E-state index < -0.39 is 0 Å². The molecule has 0 saturated heterocycles. The lowest BCUT2D eigenvalue weighted by atomic mass is 10.1. The zero-order valence-electron chi connectivity index (χ0n) is 15.9. The average Bonchev–Trinajstić information content (AvgIpc) is 3.32. The van der Waals surface area contributed by atoms with E-state index >= 15 is 0 Å². The van der Waals surface area contributed by atoms with Crippen molar-refractivity contribution < 1.29 is 9.53 Å². The molecule has 0 fully saturated rings. The van der Waals surface area contributed by atoms with Gasteiger partial charge in [0.25, 0.3) is 0 Å². The highest BCUT2D eigenvalue weighted by molar-refractivity contribution is 7.71. The predicted octanol–water partition coefficient (Wildman–Crippen LogP) is 3.46. The van der Waals surface area contributed by atoms with E-state index in [9.17, 15) is 4.79 Å². The quantitative estimate of drug-likeness (QED) is 0.410. The minimum atomic E-state index is -0.114. The maximum absolute atomic E-state index is 12.5. The first-order chi connectivity index (χ1) is 14.2. The van der Waals surface area contributed by atoms with Crippen LogP contribution in [-0.2, 0) is 17.8 Å². The van der Waals surface area contributed by atoms with Gasteiger partial charge in [-0.2, -0.15) is 5.10 Å². The summed E-state index contributed by atoms with van der Waals surface area (Å²) in [6, 6.07) is 15.6. The summed E-state index contributed by atoms with van der Waals surface area (Å²) < 4.78 is 7.28. The molecule has 2 aromatic heterocycles. The summed E-state index contributed by atoms with van der Waals surface area (Å²) in [5, 5.41) is 11.2. The van der Waals surface area contributed by atoms with Crippen LogP contribution >= 0.6 is 12.2 Å². The highest BCUT2D eigenvalue weighted by Crippen LogP contribution is 2.21. The van der Waals surface area contributed by atoms with E-state index in [4.69, 9.17) is 17.0 Å². The van der Waals surface area contributed by atoms with Crippen LogP contribution in [0.5, 0.6) is 5.75 Å². The Morgan fingerprint density at radius 2 is 2.00 bits per heavy atom. The highest BCUT2D eigenvalue weighted by atomic mass is 32.1. The zero-order chi connectivity index (χ0) is 20.2. The van der Waals surface area contributed by atoms with Crippen molar-refractivity contribution in [3.05, 3.63) is 65.1 Å². The monoisotopic (exact) mass is 407 g/mol. The fourth-order valence-electron chi connectivity index (χ4n) is 3.30. The normalized spacial score (nSPS) is 10.9. The molecule has 7 nitrogen and oxygen atoms in total. The van der Waals surface area contributed by atoms with Crippen LogP contribution < -0.4 is 10.1 Å². The molecule has 0 atom stereocenters. The topological polar surface area (TPSA) is 87.7 Å². The Balaban J connectivity index is 1.41. The van der Waals surface area contributed by atoms with Crippen molar-refractivity contribution in [3.63, 3.8) is 0 Å². The second-order valence-electron chi connectivity index (χ2n) is 6.63. The van der Waals surface area contributed by atoms with Gasteiger partial charge in [-0.3, -0.25) is 14.5 Å². The van der Waals surface area contributed by atoms with Gasteiger partial charge in [-0.05, 0) is 54.5 Å². The minimum Gasteiger partial charge on any atom is -0.497 e. The van der Waals surface area contributed by atoms with Crippen LogP contribution in [0.3, 0.4) is 0 Å². The summed E-state index contributed by atoms with van der Waals surface area (Å²) in [5.74, 6) is 1.26. The summed E-state index contributed by atoms with van der Waals surface area (Å²) in [4.78, 5) is 15.7. The maximum Gasteiger partial charge on any atom is 0.240 e. The second-order valence-corrected chi connectivity index (χ2v) is 7.01. The van der Waals surface area contributed by atoms with Crippen LogP contribution in [0.15, 0.2) is 54.7 Å². The summed E-state index contributed by atoms with van der Waals surface area (Å²) >= 11 is 5.31. The van der Waals surface area contributed by atoms with Crippen LogP contribution in [0.1, 0.15) is 5.56 Å². The maximum atomic E-state index is 12.5. The number of methoxy groups -OCH3 is 1. The lowest BCUT2D eigenvalue weighted by Gasteiger charge is -2.09. The number of carbonyl (C=O) groups is 1. The number of para-hydroxylation sites is 1. The molecular weight excluding hydrogens is 386 g/mol. The molecule has 29 heavy (non-hydrogen) atoms. The predicted molar refractivity (Wildman–Crippen MR) is 114 cm³/mol. The van der Waals surface area contributed by atoms with Crippen molar-refractivity contribution in [2.75, 3.05) is 13.7 Å². The molecule has 4 aromatic rings. The van der Waals surface area contributed by atoms with E-state index in [1.54, 1.807) is 11.7 Å². The lowest BCUT2D eigenvalue weighted by Crippen LogP contribution is -2.29. The first-order valence-corrected chi connectivity index (χ1v) is 9.68. The molecule has 0 spiro atoms. The van der Waals surface area contributed by atoms with Gasteiger partial charge >= 0.3 is 0 Å². The number of H-pyrrole nitrogens is 2. The number of nitrogens with one attached hydrogen (secondary N) is 3. The van der Waals surface area contributed by atoms with Gasteiger partial charge in [-0.15, -0.1) is 0 Å². The van der Waals surface area contributed by atoms with Gasteiger partial charge in [0.2, 0.25) is 5.91 Å². The van der Waals surface area contributed by atoms with E-state index in [0.717, 1.165) is 23.3 Å². The van der Waals surface area contributed by atoms with Crippen molar-refractivity contribution in [2.24, 2.45) is 0 Å². The molecule has 0 saturated carbocycles. The molecule has 0 aliphatic carbocycles. The van der Waals surface area contributed by atoms with Crippen LogP contribution in [0.4, 0.5) is 0 Å². The second kappa shape index (κ2) is 8.32. The number of amides is 1. The third-order valence-corrected chi connectivity index (χ3v) is 5.11. The van der Waals surface area contributed by atoms with Gasteiger partial charge < -0.3 is 15.0 Å². The molecule has 2 aromatic carbocycles. The fourth-order valence-corrected chi connectivity index (χ4v) is 3.50. The SMILES string of the molecule is COc1ccc(-c2n[nH]c(=S)n2CC(=O)NCCc2c[nH]c3ccccc23)cc1. The number of aromatic amines is 2. The third kappa shape index (κ3) is 4.07. The number of hydrogen-bond donors (Lipinski definition) is 3. The number of hydrogen-bond acceptors (Lipinski definition) is 4. The number of fused-ring (bicyclic) bond motifs is 1. The number of benzene rings is 2. The summed E-state index contributed by atoms with van der Waals surface area (Å²) in [6.07, 6.45) is 2.74. The molecule has 0 aliphatic rings. The van der Waals surface area contributed by atoms with Gasteiger partial charge in [0.1, 0.15) is 12.3 Å². The number of ether oxygens (including phenoxy) is 1. The molecular formula is C21H21N5O2S. The van der Waals surface area contributed by atoms with Crippen LogP contribution in [-0.4, -0.2) is 39.3 Å². The number of nitrogens with zero attached hydrogens (tertiary/aromatic N) is 2. The van der Waals surface area contributed by atoms with Gasteiger partial charge in [-0.25, -0.2) is 0 Å². The third-order valence-electron chi connectivity index (χ3n) is 4.80. The van der Waals surface area contributed by atoms with E-state index in [1.165, 1.54) is 10.9 Å². The molecule has 2 heterocycles. The first-order valence-electron chi connectivity index (χ1n) is 9.27. The molecule has 3 N–H and O–H groups in total. The number of aromatic nitrogens is 4. The molecule has 0 aliphatic heterocycles. The van der Waals surface area contributed by atoms with Crippen molar-refractivity contribution in [3.8, 4) is 17.1 Å². The van der Waals surface area contributed by atoms with Gasteiger partial charge in [0.05, 0.1) is 7.11 Å². The fraction of sp³-hybridized carbons (Fsp3) is 0.190. The molecule has 0 bridgehead atoms. The van der Waals surface area contributed by atoms with Crippen molar-refractivity contribution >= 4 is 29.0 Å². The van der Waals surface area contributed by atoms with E-state index in [0.29, 0.717) is 17.1 Å². The van der Waals surface area contributed by atoms with E-state index in [1.807, 2.05) is 48.7 Å². The Morgan fingerprint density at radius 1 is 1.21 bits per heavy atom. The Kier molecular flexibility index (Phi) is 5.44. The van der Waals surface area contributed by atoms with E-state index in [-0.39, 0.29) is 12.5 Å². The summed E-state index contributed by atoms with van der Waals surface area (Å²) in [5.41, 5.74) is 3.13. The smallest absolute Gasteiger partial charge is 0.240 e. The van der Waals surface area contributed by atoms with Crippen LogP contribution in [0.2, 0.25) is 0 Å². The largest absolute Gasteiger partial charge is 0.497 e. The standard InChI is InChI=1S/C21H21N5O2S/c1-28-16-8-6-14(7-9-16)20-24-25-21(29)26(20)13-19(27)22-11-10-15-12-23-18-5-3-2-4-17(15)18/h2-9,12,23H,10-11,13H2,1H3,(H,22,27)(H,25,29). The lowest BCUT2D eigenvalue weighted by molar-refractivity contribution is -0.121. The zero-order valence-corrected chi connectivity index (χ0v) is 16.8. The Hall–Kier alpha value is -3.39. The van der Waals surface area contributed by atoms with Gasteiger partial charge in [0, 0.05) is 29.2 Å². The molecule has 148 valence electrons. The number of carbonyl (C=O) groups excluding carboxylic acids is 1. The van der Waals surface area contributed by atoms with Crippen molar-refractivity contribution in [1.82, 2.24) is 25.1 Å². The average molecular weight is 407 g/mol. The van der Waals surface area contributed by atoms with Crippen molar-refractivity contribution in [2.45, 2.75) is 13.0 Å². The molecule has 0 radical (unpaired) electrons. The van der Waals surface area contributed by atoms with Crippen molar-refractivity contribution in [1.29, 1.82) is 0 Å². The summed E-state index contributed by atoms with van der Waals surface area (Å²) in [7, 11) is 1.62. The Bertz CT molecular complexity index is 1190. The van der Waals surface area contributed by atoms with Crippen LogP contribution in [0, 0.1) is 4.77 Å². The van der Waals surface area contributed by atoms with Gasteiger partial charge in [0.15, 0.2) is 10.6 Å². The van der Waals surface area contributed by atoms with Crippen LogP contribution in [0.25, 0.3) is 22.3 Å². The molecule has 1 amide bonds. The number of rotatable bonds is 7. The molecule has 0 unspecified atom stereocenters. The minimum absolute atomic E-state index is 0.102. The van der Waals surface area contributed by atoms with E-state index in [2.05, 4.69) is 26.6 Å². The first kappa shape index (κ1) is 18.9. The molecule has 8 heteroatoms. The molecule has 4 rings (SSSR count).